The minimum absolute atomic E-state index is 0.511. The number of hydrogen-bond donors (Lipinski definition) is 1. The van der Waals surface area contributed by atoms with Crippen molar-refractivity contribution < 1.29 is 4.74 Å². The smallest absolute Gasteiger partial charge is 0.0615 e. The second-order valence-electron chi connectivity index (χ2n) is 3.48. The molecule has 13 heavy (non-hydrogen) atoms. The van der Waals surface area contributed by atoms with E-state index in [4.69, 9.17) is 10.5 Å². The van der Waals surface area contributed by atoms with Crippen molar-refractivity contribution in [2.24, 2.45) is 5.73 Å². The van der Waals surface area contributed by atoms with Crippen LogP contribution in [-0.2, 0) is 4.74 Å². The molecule has 0 saturated carbocycles. The molecule has 0 spiro atoms. The van der Waals surface area contributed by atoms with E-state index in [1.54, 1.807) is 7.11 Å². The third-order valence-electron chi connectivity index (χ3n) is 2.19. The van der Waals surface area contributed by atoms with Crippen LogP contribution in [0.2, 0.25) is 0 Å². The molecule has 2 N–H and O–H groups in total. The van der Waals surface area contributed by atoms with Crippen molar-refractivity contribution in [2.45, 2.75) is 32.7 Å². The molecular formula is C10H24N2O. The van der Waals surface area contributed by atoms with Gasteiger partial charge in [-0.1, -0.05) is 6.92 Å². The highest BCUT2D eigenvalue weighted by atomic mass is 16.5. The molecule has 0 rings (SSSR count). The maximum absolute atomic E-state index is 5.49. The molecule has 0 radical (unpaired) electrons. The quantitative estimate of drug-likeness (QED) is 0.619. The molecule has 0 amide bonds. The summed E-state index contributed by atoms with van der Waals surface area (Å²) in [6.45, 7) is 8.23. The predicted octanol–water partition coefficient (Wildman–Crippen LogP) is 1.08. The third kappa shape index (κ3) is 6.02. The molecule has 0 aromatic heterocycles. The number of hydrogen-bond acceptors (Lipinski definition) is 3. The van der Waals surface area contributed by atoms with E-state index in [9.17, 15) is 0 Å². The maximum atomic E-state index is 5.49. The van der Waals surface area contributed by atoms with Crippen molar-refractivity contribution >= 4 is 0 Å². The van der Waals surface area contributed by atoms with Crippen LogP contribution in [0.1, 0.15) is 26.7 Å². The van der Waals surface area contributed by atoms with Gasteiger partial charge in [0.05, 0.1) is 6.61 Å². The van der Waals surface area contributed by atoms with Crippen LogP contribution < -0.4 is 5.73 Å². The van der Waals surface area contributed by atoms with E-state index in [0.717, 1.165) is 32.7 Å². The number of nitrogens with two attached hydrogens (primary N) is 1. The summed E-state index contributed by atoms with van der Waals surface area (Å²) in [5.41, 5.74) is 5.49. The second-order valence-corrected chi connectivity index (χ2v) is 3.48. The summed E-state index contributed by atoms with van der Waals surface area (Å²) in [4.78, 5) is 2.44. The van der Waals surface area contributed by atoms with Gasteiger partial charge in [0.15, 0.2) is 0 Å². The Morgan fingerprint density at radius 2 is 2.08 bits per heavy atom. The van der Waals surface area contributed by atoms with Crippen LogP contribution in [0.25, 0.3) is 0 Å². The van der Waals surface area contributed by atoms with E-state index in [1.165, 1.54) is 6.42 Å². The summed E-state index contributed by atoms with van der Waals surface area (Å²) in [5.74, 6) is 0. The van der Waals surface area contributed by atoms with Crippen molar-refractivity contribution in [3.63, 3.8) is 0 Å². The summed E-state index contributed by atoms with van der Waals surface area (Å²) in [6.07, 6.45) is 2.27. The minimum atomic E-state index is 0.511. The standard InChI is InChI=1S/C10H24N2O/c1-4-7-12(8-5-6-11)10(2)9-13-3/h10H,4-9,11H2,1-3H3. The summed E-state index contributed by atoms with van der Waals surface area (Å²) in [6, 6.07) is 0.511. The van der Waals surface area contributed by atoms with Gasteiger partial charge in [-0.25, -0.2) is 0 Å². The monoisotopic (exact) mass is 188 g/mol. The van der Waals surface area contributed by atoms with E-state index in [-0.39, 0.29) is 0 Å². The molecule has 3 heteroatoms. The first-order valence-corrected chi connectivity index (χ1v) is 5.19. The Bertz CT molecular complexity index is 109. The molecule has 0 saturated heterocycles. The van der Waals surface area contributed by atoms with Crippen molar-refractivity contribution in [2.75, 3.05) is 33.4 Å². The van der Waals surface area contributed by atoms with Crippen LogP contribution in [0.15, 0.2) is 0 Å². The largest absolute Gasteiger partial charge is 0.383 e. The number of nitrogens with zero attached hydrogens (tertiary/aromatic N) is 1. The zero-order valence-electron chi connectivity index (χ0n) is 9.25. The molecule has 0 aromatic rings. The van der Waals surface area contributed by atoms with E-state index in [1.807, 2.05) is 0 Å². The Balaban J connectivity index is 3.75. The maximum Gasteiger partial charge on any atom is 0.0615 e. The van der Waals surface area contributed by atoms with Crippen LogP contribution in [0.3, 0.4) is 0 Å². The highest BCUT2D eigenvalue weighted by Gasteiger charge is 2.11. The van der Waals surface area contributed by atoms with E-state index < -0.39 is 0 Å². The lowest BCUT2D eigenvalue weighted by atomic mass is 10.2. The highest BCUT2D eigenvalue weighted by Crippen LogP contribution is 2.01. The lowest BCUT2D eigenvalue weighted by Crippen LogP contribution is -2.38. The first-order valence-electron chi connectivity index (χ1n) is 5.19. The van der Waals surface area contributed by atoms with Gasteiger partial charge < -0.3 is 10.5 Å². The first kappa shape index (κ1) is 12.9. The van der Waals surface area contributed by atoms with Crippen molar-refractivity contribution in [1.82, 2.24) is 4.90 Å². The van der Waals surface area contributed by atoms with Crippen molar-refractivity contribution in [1.29, 1.82) is 0 Å². The Morgan fingerprint density at radius 3 is 2.54 bits per heavy atom. The van der Waals surface area contributed by atoms with Crippen LogP contribution in [0, 0.1) is 0 Å². The molecular weight excluding hydrogens is 164 g/mol. The Morgan fingerprint density at radius 1 is 1.38 bits per heavy atom. The SMILES string of the molecule is CCCN(CCCN)C(C)COC. The summed E-state index contributed by atoms with van der Waals surface area (Å²) in [5, 5.41) is 0. The van der Waals surface area contributed by atoms with Gasteiger partial charge in [-0.3, -0.25) is 4.90 Å². The molecule has 0 bridgehead atoms. The predicted molar refractivity (Wildman–Crippen MR) is 56.9 cm³/mol. The van der Waals surface area contributed by atoms with Gasteiger partial charge in [-0.05, 0) is 39.4 Å². The average Bonchev–Trinajstić information content (AvgIpc) is 2.12. The zero-order valence-corrected chi connectivity index (χ0v) is 9.25. The fourth-order valence-electron chi connectivity index (χ4n) is 1.48. The van der Waals surface area contributed by atoms with Crippen LogP contribution in [0.4, 0.5) is 0 Å². The molecule has 1 unspecified atom stereocenters. The normalized spacial score (nSPS) is 13.6. The zero-order chi connectivity index (χ0) is 10.1. The average molecular weight is 188 g/mol. The van der Waals surface area contributed by atoms with Crippen molar-refractivity contribution in [3.8, 4) is 0 Å². The van der Waals surface area contributed by atoms with E-state index in [2.05, 4.69) is 18.7 Å². The molecule has 0 aliphatic heterocycles. The molecule has 0 aromatic carbocycles. The Labute approximate surface area is 82.2 Å². The van der Waals surface area contributed by atoms with Crippen LogP contribution in [0.5, 0.6) is 0 Å². The van der Waals surface area contributed by atoms with Gasteiger partial charge in [0.2, 0.25) is 0 Å². The summed E-state index contributed by atoms with van der Waals surface area (Å²) < 4.78 is 5.14. The van der Waals surface area contributed by atoms with Crippen molar-refractivity contribution in [3.05, 3.63) is 0 Å². The minimum Gasteiger partial charge on any atom is -0.383 e. The molecule has 3 nitrogen and oxygen atoms in total. The Kier molecular flexibility index (Phi) is 8.40. The third-order valence-corrected chi connectivity index (χ3v) is 2.19. The van der Waals surface area contributed by atoms with Gasteiger partial charge in [-0.2, -0.15) is 0 Å². The van der Waals surface area contributed by atoms with Gasteiger partial charge in [-0.15, -0.1) is 0 Å². The lowest BCUT2D eigenvalue weighted by molar-refractivity contribution is 0.0986. The van der Waals surface area contributed by atoms with Gasteiger partial charge in [0, 0.05) is 13.2 Å². The van der Waals surface area contributed by atoms with Gasteiger partial charge in [0.25, 0.3) is 0 Å². The fraction of sp³-hybridized carbons (Fsp3) is 1.00. The molecule has 0 aliphatic carbocycles. The number of methoxy groups -OCH3 is 1. The van der Waals surface area contributed by atoms with Crippen LogP contribution in [-0.4, -0.2) is 44.3 Å². The second kappa shape index (κ2) is 8.48. The van der Waals surface area contributed by atoms with Crippen LogP contribution >= 0.6 is 0 Å². The molecule has 0 aliphatic rings. The molecule has 0 heterocycles. The molecule has 1 atom stereocenters. The van der Waals surface area contributed by atoms with Gasteiger partial charge in [0.1, 0.15) is 0 Å². The summed E-state index contributed by atoms with van der Waals surface area (Å²) in [7, 11) is 1.75. The molecule has 80 valence electrons. The summed E-state index contributed by atoms with van der Waals surface area (Å²) >= 11 is 0. The lowest BCUT2D eigenvalue weighted by Gasteiger charge is -2.27. The topological polar surface area (TPSA) is 38.5 Å². The number of ether oxygens (including phenoxy) is 1. The van der Waals surface area contributed by atoms with E-state index >= 15 is 0 Å². The van der Waals surface area contributed by atoms with Gasteiger partial charge >= 0.3 is 0 Å². The van der Waals surface area contributed by atoms with E-state index in [0.29, 0.717) is 6.04 Å². The highest BCUT2D eigenvalue weighted by molar-refractivity contribution is 4.66. The number of rotatable bonds is 8. The first-order chi connectivity index (χ1) is 6.26. The fourth-order valence-corrected chi connectivity index (χ4v) is 1.48. The Hall–Kier alpha value is -0.120. The molecule has 0 fully saturated rings.